The van der Waals surface area contributed by atoms with Gasteiger partial charge in [0.15, 0.2) is 0 Å². The maximum Gasteiger partial charge on any atom is 0.391 e. The molecule has 0 aromatic carbocycles. The highest BCUT2D eigenvalue weighted by Gasteiger charge is 2.44. The molecule has 0 unspecified atom stereocenters. The van der Waals surface area contributed by atoms with Crippen LogP contribution in [0.15, 0.2) is 0 Å². The number of hydrogen-bond donors (Lipinski definition) is 0. The average molecular weight is 280 g/mol. The third kappa shape index (κ3) is 4.35. The van der Waals surface area contributed by atoms with Gasteiger partial charge in [-0.25, -0.2) is 10.0 Å². The molecule has 2 nitrogen and oxygen atoms in total. The van der Waals surface area contributed by atoms with Gasteiger partial charge < -0.3 is 0 Å². The highest BCUT2D eigenvalue weighted by atomic mass is 19.4. The molecule has 0 amide bonds. The number of halogens is 3. The molecule has 1 fully saturated rings. The van der Waals surface area contributed by atoms with E-state index in [1.54, 1.807) is 0 Å². The maximum atomic E-state index is 12.9. The summed E-state index contributed by atoms with van der Waals surface area (Å²) in [4.78, 5) is 0. The third-order valence-corrected chi connectivity index (χ3v) is 3.68. The first-order valence-corrected chi connectivity index (χ1v) is 6.95. The fourth-order valence-electron chi connectivity index (χ4n) is 2.66. The van der Waals surface area contributed by atoms with Gasteiger partial charge in [-0.2, -0.15) is 13.2 Å². The Balaban J connectivity index is 2.96. The molecule has 1 aliphatic rings. The van der Waals surface area contributed by atoms with Crippen LogP contribution in [0, 0.1) is 5.92 Å². The first-order chi connectivity index (χ1) is 8.33. The minimum absolute atomic E-state index is 0.159. The quantitative estimate of drug-likeness (QED) is 0.660. The predicted molar refractivity (Wildman–Crippen MR) is 71.7 cm³/mol. The van der Waals surface area contributed by atoms with E-state index in [0.29, 0.717) is 13.1 Å². The van der Waals surface area contributed by atoms with E-state index in [1.807, 2.05) is 0 Å². The summed E-state index contributed by atoms with van der Waals surface area (Å²) < 4.78 is 38.8. The maximum absolute atomic E-state index is 12.9. The van der Waals surface area contributed by atoms with Gasteiger partial charge in [-0.15, -0.1) is 0 Å². The molecular weight excluding hydrogens is 253 g/mol. The number of alkyl halides is 3. The summed E-state index contributed by atoms with van der Waals surface area (Å²) in [6.07, 6.45) is -3.70. The zero-order valence-electron chi connectivity index (χ0n) is 12.9. The van der Waals surface area contributed by atoms with E-state index < -0.39 is 12.1 Å². The highest BCUT2D eigenvalue weighted by molar-refractivity contribution is 4.86. The largest absolute Gasteiger partial charge is 0.391 e. The van der Waals surface area contributed by atoms with Gasteiger partial charge in [0.05, 0.1) is 5.92 Å². The van der Waals surface area contributed by atoms with Crippen molar-refractivity contribution in [3.63, 3.8) is 0 Å². The molecule has 0 radical (unpaired) electrons. The molecular formula is C14H27F3N2. The van der Waals surface area contributed by atoms with E-state index in [-0.39, 0.29) is 23.9 Å². The van der Waals surface area contributed by atoms with E-state index in [1.165, 1.54) is 0 Å². The van der Waals surface area contributed by atoms with Crippen molar-refractivity contribution in [3.8, 4) is 0 Å². The normalized spacial score (nSPS) is 22.6. The fraction of sp³-hybridized carbons (Fsp3) is 1.00. The lowest BCUT2D eigenvalue weighted by atomic mass is 10.0. The molecule has 0 aromatic heterocycles. The van der Waals surface area contributed by atoms with Crippen LogP contribution in [0.2, 0.25) is 0 Å². The lowest BCUT2D eigenvalue weighted by Crippen LogP contribution is -2.59. The summed E-state index contributed by atoms with van der Waals surface area (Å²) in [7, 11) is 0. The van der Waals surface area contributed by atoms with Gasteiger partial charge in [-0.3, -0.25) is 0 Å². The van der Waals surface area contributed by atoms with Crippen molar-refractivity contribution in [3.05, 3.63) is 0 Å². The lowest BCUT2D eigenvalue weighted by molar-refractivity contribution is -0.176. The van der Waals surface area contributed by atoms with E-state index in [0.717, 1.165) is 0 Å². The Bertz CT molecular complexity index is 275. The molecule has 1 rings (SSSR count). The van der Waals surface area contributed by atoms with Crippen LogP contribution in [0.5, 0.6) is 0 Å². The summed E-state index contributed by atoms with van der Waals surface area (Å²) in [5, 5.41) is 4.22. The van der Waals surface area contributed by atoms with E-state index >= 15 is 0 Å². The SMILES string of the molecule is CC(C)(C)N1CCC(C(F)(F)F)CCN1C(C)(C)C. The van der Waals surface area contributed by atoms with Crippen molar-refractivity contribution in [1.82, 2.24) is 10.0 Å². The molecule has 0 spiro atoms. The smallest absolute Gasteiger partial charge is 0.236 e. The molecule has 114 valence electrons. The summed E-state index contributed by atoms with van der Waals surface area (Å²) in [6.45, 7) is 13.3. The Hall–Kier alpha value is -0.290. The molecule has 1 aliphatic heterocycles. The first-order valence-electron chi connectivity index (χ1n) is 6.95. The van der Waals surface area contributed by atoms with Crippen LogP contribution in [-0.2, 0) is 0 Å². The second-order valence-corrected chi connectivity index (χ2v) is 7.40. The molecule has 1 heterocycles. The van der Waals surface area contributed by atoms with Crippen molar-refractivity contribution in [2.45, 2.75) is 71.6 Å². The van der Waals surface area contributed by atoms with Gasteiger partial charge in [0.2, 0.25) is 0 Å². The summed E-state index contributed by atoms with van der Waals surface area (Å²) >= 11 is 0. The molecule has 0 atom stereocenters. The third-order valence-electron chi connectivity index (χ3n) is 3.68. The molecule has 0 aliphatic carbocycles. The van der Waals surface area contributed by atoms with Crippen LogP contribution in [0.4, 0.5) is 13.2 Å². The number of hydrogen-bond acceptors (Lipinski definition) is 2. The van der Waals surface area contributed by atoms with Gasteiger partial charge in [0.1, 0.15) is 0 Å². The van der Waals surface area contributed by atoms with E-state index in [9.17, 15) is 13.2 Å². The summed E-state index contributed by atoms with van der Waals surface area (Å²) in [6, 6.07) is 0. The lowest BCUT2D eigenvalue weighted by Gasteiger charge is -2.49. The first kappa shape index (κ1) is 16.8. The van der Waals surface area contributed by atoms with Crippen molar-refractivity contribution in [2.24, 2.45) is 5.92 Å². The van der Waals surface area contributed by atoms with E-state index in [2.05, 4.69) is 51.6 Å². The minimum Gasteiger partial charge on any atom is -0.236 e. The topological polar surface area (TPSA) is 6.48 Å². The van der Waals surface area contributed by atoms with Crippen molar-refractivity contribution in [2.75, 3.05) is 13.1 Å². The Morgan fingerprint density at radius 1 is 0.737 bits per heavy atom. The molecule has 19 heavy (non-hydrogen) atoms. The Kier molecular flexibility index (Phi) is 4.63. The van der Waals surface area contributed by atoms with Crippen molar-refractivity contribution < 1.29 is 13.2 Å². The second-order valence-electron chi connectivity index (χ2n) is 7.40. The molecule has 0 N–H and O–H groups in total. The van der Waals surface area contributed by atoms with Gasteiger partial charge in [0.25, 0.3) is 0 Å². The van der Waals surface area contributed by atoms with Crippen molar-refractivity contribution >= 4 is 0 Å². The number of nitrogens with zero attached hydrogens (tertiary/aromatic N) is 2. The summed E-state index contributed by atoms with van der Waals surface area (Å²) in [5.41, 5.74) is -0.318. The van der Waals surface area contributed by atoms with Crippen LogP contribution in [0.25, 0.3) is 0 Å². The average Bonchev–Trinajstić information content (AvgIpc) is 2.35. The minimum atomic E-state index is -4.07. The second kappa shape index (κ2) is 5.24. The van der Waals surface area contributed by atoms with Crippen LogP contribution < -0.4 is 0 Å². The van der Waals surface area contributed by atoms with Gasteiger partial charge >= 0.3 is 6.18 Å². The molecule has 5 heteroatoms. The fourth-order valence-corrected chi connectivity index (χ4v) is 2.66. The molecule has 0 saturated carbocycles. The Morgan fingerprint density at radius 2 is 1.05 bits per heavy atom. The van der Waals surface area contributed by atoms with Crippen LogP contribution in [0.1, 0.15) is 54.4 Å². The standard InChI is InChI=1S/C14H27F3N2/c1-12(2,3)18-9-7-11(14(15,16)17)8-10-19(18)13(4,5)6/h11H,7-10H2,1-6H3. The number of hydrazine groups is 1. The van der Waals surface area contributed by atoms with Crippen LogP contribution >= 0.6 is 0 Å². The van der Waals surface area contributed by atoms with Gasteiger partial charge in [-0.1, -0.05) is 0 Å². The predicted octanol–water partition coefficient (Wildman–Crippen LogP) is 4.07. The van der Waals surface area contributed by atoms with Crippen LogP contribution in [-0.4, -0.2) is 40.4 Å². The Morgan fingerprint density at radius 3 is 1.26 bits per heavy atom. The molecule has 1 saturated heterocycles. The van der Waals surface area contributed by atoms with E-state index in [4.69, 9.17) is 0 Å². The summed E-state index contributed by atoms with van der Waals surface area (Å²) in [5.74, 6) is -1.18. The number of rotatable bonds is 0. The zero-order valence-corrected chi connectivity index (χ0v) is 12.9. The monoisotopic (exact) mass is 280 g/mol. The van der Waals surface area contributed by atoms with Crippen LogP contribution in [0.3, 0.4) is 0 Å². The molecule has 0 bridgehead atoms. The van der Waals surface area contributed by atoms with Gasteiger partial charge in [-0.05, 0) is 54.4 Å². The van der Waals surface area contributed by atoms with Gasteiger partial charge in [0, 0.05) is 24.2 Å². The molecule has 0 aromatic rings. The highest BCUT2D eigenvalue weighted by Crippen LogP contribution is 2.36. The Labute approximate surface area is 114 Å². The zero-order chi connectivity index (χ0) is 15.1. The van der Waals surface area contributed by atoms with Crippen molar-refractivity contribution in [1.29, 1.82) is 0 Å².